The molecule has 0 aliphatic rings. The number of hydrogen-bond donors (Lipinski definition) is 0. The average molecular weight is 465 g/mol. The van der Waals surface area contributed by atoms with Crippen molar-refractivity contribution in [2.45, 2.75) is 0 Å². The highest BCUT2D eigenvalue weighted by Crippen LogP contribution is 2.41. The zero-order valence-electron chi connectivity index (χ0n) is 18.8. The van der Waals surface area contributed by atoms with Crippen molar-refractivity contribution < 1.29 is 0 Å². The molecule has 0 aliphatic carbocycles. The van der Waals surface area contributed by atoms with Crippen LogP contribution in [0.2, 0.25) is 0 Å². The van der Waals surface area contributed by atoms with Crippen LogP contribution < -0.4 is 0 Å². The molecule has 2 heterocycles. The summed E-state index contributed by atoms with van der Waals surface area (Å²) in [6.07, 6.45) is 0. The van der Waals surface area contributed by atoms with E-state index >= 15 is 0 Å². The molecule has 0 atom stereocenters. The third-order valence-corrected chi connectivity index (χ3v) is 7.63. The van der Waals surface area contributed by atoms with Crippen molar-refractivity contribution in [3.63, 3.8) is 0 Å². The van der Waals surface area contributed by atoms with Gasteiger partial charge >= 0.3 is 0 Å². The van der Waals surface area contributed by atoms with Gasteiger partial charge in [0.25, 0.3) is 0 Å². The highest BCUT2D eigenvalue weighted by Gasteiger charge is 2.17. The summed E-state index contributed by atoms with van der Waals surface area (Å²) in [5.41, 5.74) is 6.54. The van der Waals surface area contributed by atoms with Gasteiger partial charge in [-0.15, -0.1) is 11.3 Å². The summed E-state index contributed by atoms with van der Waals surface area (Å²) >= 11 is 1.78. The second-order valence-electron chi connectivity index (χ2n) is 8.68. The van der Waals surface area contributed by atoms with E-state index in [1.165, 1.54) is 32.0 Å². The molecule has 164 valence electrons. The van der Waals surface area contributed by atoms with Gasteiger partial charge in [0.2, 0.25) is 0 Å². The number of fused-ring (bicyclic) bond motifs is 4. The molecule has 7 rings (SSSR count). The van der Waals surface area contributed by atoms with Gasteiger partial charge < -0.3 is 0 Å². The number of thiophene rings is 1. The molecule has 2 aromatic heterocycles. The zero-order valence-corrected chi connectivity index (χ0v) is 19.7. The van der Waals surface area contributed by atoms with Crippen molar-refractivity contribution in [3.05, 3.63) is 121 Å². The van der Waals surface area contributed by atoms with Crippen LogP contribution in [0.3, 0.4) is 0 Å². The summed E-state index contributed by atoms with van der Waals surface area (Å²) in [6.45, 7) is 0. The second-order valence-corrected chi connectivity index (χ2v) is 9.73. The maximum atomic E-state index is 5.11. The Balaban J connectivity index is 1.49. The molecule has 0 aliphatic heterocycles. The lowest BCUT2D eigenvalue weighted by atomic mass is 10.0. The number of nitrogens with zero attached hydrogens (tertiary/aromatic N) is 2. The van der Waals surface area contributed by atoms with Crippen molar-refractivity contribution in [2.75, 3.05) is 0 Å². The quantitative estimate of drug-likeness (QED) is 0.261. The first-order valence-electron chi connectivity index (χ1n) is 11.7. The van der Waals surface area contributed by atoms with Crippen molar-refractivity contribution in [1.82, 2.24) is 9.97 Å². The van der Waals surface area contributed by atoms with E-state index in [4.69, 9.17) is 9.97 Å². The van der Waals surface area contributed by atoms with Crippen LogP contribution in [0.25, 0.3) is 64.8 Å². The molecule has 0 radical (unpaired) electrons. The summed E-state index contributed by atoms with van der Waals surface area (Å²) < 4.78 is 2.36. The third kappa shape index (κ3) is 3.49. The fourth-order valence-electron chi connectivity index (χ4n) is 4.69. The van der Waals surface area contributed by atoms with Crippen LogP contribution in [0.4, 0.5) is 0 Å². The minimum atomic E-state index is 0.757. The van der Waals surface area contributed by atoms with Gasteiger partial charge in [-0.3, -0.25) is 0 Å². The van der Waals surface area contributed by atoms with E-state index in [0.29, 0.717) is 0 Å². The standard InChI is InChI=1S/C32H20N2S/c1-3-9-21(10-4-1)22-15-17-23(18-16-22)29-31-30(34-32(33-29)24-11-5-2-6-12-24)27-19-25-13-7-8-14-26(25)20-28(27)35-31/h1-20H. The Kier molecular flexibility index (Phi) is 4.68. The Labute approximate surface area is 207 Å². The van der Waals surface area contributed by atoms with E-state index in [9.17, 15) is 0 Å². The lowest BCUT2D eigenvalue weighted by molar-refractivity contribution is 1.24. The van der Waals surface area contributed by atoms with Gasteiger partial charge in [0.1, 0.15) is 0 Å². The number of hydrogen-bond acceptors (Lipinski definition) is 3. The monoisotopic (exact) mass is 464 g/mol. The van der Waals surface area contributed by atoms with E-state index in [-0.39, 0.29) is 0 Å². The number of aromatic nitrogens is 2. The van der Waals surface area contributed by atoms with Crippen molar-refractivity contribution in [3.8, 4) is 33.8 Å². The van der Waals surface area contributed by atoms with E-state index in [0.717, 1.165) is 32.9 Å². The first kappa shape index (κ1) is 20.1. The molecular weight excluding hydrogens is 444 g/mol. The molecule has 35 heavy (non-hydrogen) atoms. The SMILES string of the molecule is c1ccc(-c2ccc(-c3nc(-c4ccccc4)nc4c3sc3cc5ccccc5cc34)cc2)cc1. The summed E-state index contributed by atoms with van der Waals surface area (Å²) in [5, 5.41) is 3.66. The molecule has 0 bridgehead atoms. The Morgan fingerprint density at radius 1 is 0.486 bits per heavy atom. The smallest absolute Gasteiger partial charge is 0.160 e. The van der Waals surface area contributed by atoms with Gasteiger partial charge in [0.05, 0.1) is 15.9 Å². The Morgan fingerprint density at radius 2 is 1.06 bits per heavy atom. The molecule has 0 N–H and O–H groups in total. The molecule has 3 heteroatoms. The van der Waals surface area contributed by atoms with E-state index in [1.54, 1.807) is 11.3 Å². The Bertz CT molecular complexity index is 1820. The van der Waals surface area contributed by atoms with Gasteiger partial charge in [-0.2, -0.15) is 0 Å². The van der Waals surface area contributed by atoms with Crippen LogP contribution in [0.5, 0.6) is 0 Å². The zero-order chi connectivity index (χ0) is 23.2. The summed E-state index contributed by atoms with van der Waals surface area (Å²) in [5.74, 6) is 0.757. The predicted molar refractivity (Wildman–Crippen MR) is 149 cm³/mol. The van der Waals surface area contributed by atoms with E-state index in [2.05, 4.69) is 97.1 Å². The average Bonchev–Trinajstić information content (AvgIpc) is 3.29. The molecular formula is C32H20N2S. The molecule has 0 saturated heterocycles. The van der Waals surface area contributed by atoms with Crippen molar-refractivity contribution >= 4 is 42.4 Å². The van der Waals surface area contributed by atoms with Crippen LogP contribution in [0.15, 0.2) is 121 Å². The first-order chi connectivity index (χ1) is 17.3. The summed E-state index contributed by atoms with van der Waals surface area (Å²) in [7, 11) is 0. The molecule has 0 fully saturated rings. The van der Waals surface area contributed by atoms with Gasteiger partial charge in [-0.05, 0) is 34.0 Å². The maximum Gasteiger partial charge on any atom is 0.160 e. The molecule has 7 aromatic rings. The topological polar surface area (TPSA) is 25.8 Å². The Morgan fingerprint density at radius 3 is 1.77 bits per heavy atom. The molecule has 0 amide bonds. The van der Waals surface area contributed by atoms with Crippen LogP contribution in [0.1, 0.15) is 0 Å². The highest BCUT2D eigenvalue weighted by atomic mass is 32.1. The fourth-order valence-corrected chi connectivity index (χ4v) is 5.88. The number of rotatable bonds is 3. The van der Waals surface area contributed by atoms with Crippen LogP contribution in [0, 0.1) is 0 Å². The third-order valence-electron chi connectivity index (χ3n) is 6.48. The maximum absolute atomic E-state index is 5.11. The van der Waals surface area contributed by atoms with Crippen LogP contribution >= 0.6 is 11.3 Å². The van der Waals surface area contributed by atoms with Gasteiger partial charge in [0.15, 0.2) is 5.82 Å². The summed E-state index contributed by atoms with van der Waals surface area (Å²) in [6, 6.07) is 42.5. The predicted octanol–water partition coefficient (Wildman–Crippen LogP) is 9.00. The first-order valence-corrected chi connectivity index (χ1v) is 12.5. The van der Waals surface area contributed by atoms with Gasteiger partial charge in [0, 0.05) is 21.2 Å². The van der Waals surface area contributed by atoms with Gasteiger partial charge in [-0.1, -0.05) is 109 Å². The van der Waals surface area contributed by atoms with Gasteiger partial charge in [-0.25, -0.2) is 9.97 Å². The molecule has 0 unspecified atom stereocenters. The van der Waals surface area contributed by atoms with Crippen LogP contribution in [-0.4, -0.2) is 9.97 Å². The van der Waals surface area contributed by atoms with E-state index in [1.807, 2.05) is 24.3 Å². The number of benzene rings is 5. The highest BCUT2D eigenvalue weighted by molar-refractivity contribution is 7.26. The molecule has 5 aromatic carbocycles. The fraction of sp³-hybridized carbons (Fsp3) is 0. The molecule has 2 nitrogen and oxygen atoms in total. The summed E-state index contributed by atoms with van der Waals surface area (Å²) in [4.78, 5) is 10.2. The van der Waals surface area contributed by atoms with Crippen LogP contribution in [-0.2, 0) is 0 Å². The lowest BCUT2D eigenvalue weighted by Crippen LogP contribution is -1.93. The Hall–Kier alpha value is -4.34. The van der Waals surface area contributed by atoms with E-state index < -0.39 is 0 Å². The molecule has 0 spiro atoms. The molecule has 0 saturated carbocycles. The van der Waals surface area contributed by atoms with Crippen molar-refractivity contribution in [2.24, 2.45) is 0 Å². The minimum absolute atomic E-state index is 0.757. The lowest BCUT2D eigenvalue weighted by Gasteiger charge is -2.08. The normalized spacial score (nSPS) is 11.4. The largest absolute Gasteiger partial charge is 0.226 e. The minimum Gasteiger partial charge on any atom is -0.226 e. The second kappa shape index (κ2) is 8.15. The van der Waals surface area contributed by atoms with Crippen molar-refractivity contribution in [1.29, 1.82) is 0 Å².